The molecule has 1 aromatic carbocycles. The van der Waals surface area contributed by atoms with Crippen LogP contribution in [-0.2, 0) is 0 Å². The molecule has 3 unspecified atom stereocenters. The largest absolute Gasteiger partial charge is 0.508 e. The molecule has 0 bridgehead atoms. The predicted octanol–water partition coefficient (Wildman–Crippen LogP) is 3.86. The molecule has 1 aliphatic heterocycles. The maximum atomic E-state index is 13.1. The van der Waals surface area contributed by atoms with Gasteiger partial charge in [-0.05, 0) is 51.1 Å². The van der Waals surface area contributed by atoms with E-state index in [2.05, 4.69) is 11.8 Å². The average molecular weight is 263 g/mol. The van der Waals surface area contributed by atoms with E-state index in [-0.39, 0.29) is 17.6 Å². The lowest BCUT2D eigenvalue weighted by molar-refractivity contribution is 0.0734. The van der Waals surface area contributed by atoms with Gasteiger partial charge in [0.25, 0.3) is 0 Å². The van der Waals surface area contributed by atoms with E-state index in [0.717, 1.165) is 18.0 Å². The van der Waals surface area contributed by atoms with Crippen molar-refractivity contribution in [3.8, 4) is 5.75 Å². The Morgan fingerprint density at radius 1 is 1.26 bits per heavy atom. The first-order chi connectivity index (χ1) is 9.16. The van der Waals surface area contributed by atoms with Crippen molar-refractivity contribution in [3.05, 3.63) is 29.6 Å². The van der Waals surface area contributed by atoms with Crippen LogP contribution in [0.4, 0.5) is 4.39 Å². The summed E-state index contributed by atoms with van der Waals surface area (Å²) in [7, 11) is 0. The van der Waals surface area contributed by atoms with Gasteiger partial charge in [-0.3, -0.25) is 4.90 Å². The van der Waals surface area contributed by atoms with Crippen LogP contribution in [0.1, 0.15) is 50.6 Å². The maximum absolute atomic E-state index is 13.1. The highest BCUT2D eigenvalue weighted by Gasteiger charge is 2.37. The Morgan fingerprint density at radius 2 is 2.05 bits per heavy atom. The molecule has 0 amide bonds. The van der Waals surface area contributed by atoms with Crippen LogP contribution in [0.25, 0.3) is 0 Å². The predicted molar refractivity (Wildman–Crippen MR) is 73.5 cm³/mol. The third-order valence-corrected chi connectivity index (χ3v) is 4.98. The van der Waals surface area contributed by atoms with Gasteiger partial charge in [0.1, 0.15) is 11.6 Å². The Morgan fingerprint density at radius 3 is 2.84 bits per heavy atom. The molecule has 2 aliphatic rings. The van der Waals surface area contributed by atoms with Crippen molar-refractivity contribution >= 4 is 0 Å². The van der Waals surface area contributed by atoms with Gasteiger partial charge < -0.3 is 5.11 Å². The number of halogens is 1. The van der Waals surface area contributed by atoms with E-state index in [1.165, 1.54) is 44.2 Å². The molecule has 2 nitrogen and oxygen atoms in total. The lowest BCUT2D eigenvalue weighted by atomic mass is 9.89. The molecule has 0 radical (unpaired) electrons. The van der Waals surface area contributed by atoms with E-state index in [1.807, 2.05) is 0 Å². The molecule has 1 N–H and O–H groups in total. The third-order valence-electron chi connectivity index (χ3n) is 4.98. The minimum Gasteiger partial charge on any atom is -0.508 e. The Balaban J connectivity index is 1.84. The van der Waals surface area contributed by atoms with Crippen LogP contribution in [0.5, 0.6) is 5.75 Å². The van der Waals surface area contributed by atoms with Crippen LogP contribution in [0, 0.1) is 11.7 Å². The van der Waals surface area contributed by atoms with Crippen LogP contribution in [0.3, 0.4) is 0 Å². The zero-order valence-corrected chi connectivity index (χ0v) is 11.5. The molecule has 1 saturated carbocycles. The van der Waals surface area contributed by atoms with Gasteiger partial charge >= 0.3 is 0 Å². The molecule has 19 heavy (non-hydrogen) atoms. The van der Waals surface area contributed by atoms with Crippen LogP contribution in [0.2, 0.25) is 0 Å². The number of phenolic OH excluding ortho intramolecular Hbond substituents is 1. The van der Waals surface area contributed by atoms with Gasteiger partial charge in [-0.1, -0.05) is 12.5 Å². The number of hydrogen-bond acceptors (Lipinski definition) is 2. The van der Waals surface area contributed by atoms with Crippen molar-refractivity contribution in [2.75, 3.05) is 6.54 Å². The summed E-state index contributed by atoms with van der Waals surface area (Å²) in [4.78, 5) is 2.52. The number of fused-ring (bicyclic) bond motifs is 1. The fraction of sp³-hybridized carbons (Fsp3) is 0.625. The number of rotatable bonds is 2. The van der Waals surface area contributed by atoms with Crippen molar-refractivity contribution in [1.29, 1.82) is 0 Å². The zero-order chi connectivity index (χ0) is 13.4. The SMILES string of the molecule is CC(c1ccc(F)cc1O)N1CCCC2CCCC21. The first kappa shape index (κ1) is 12.9. The van der Waals surface area contributed by atoms with Crippen molar-refractivity contribution < 1.29 is 9.50 Å². The standard InChI is InChI=1S/C16H22FNO/c1-11(14-8-7-13(17)10-16(14)19)18-9-3-5-12-4-2-6-15(12)18/h7-8,10-12,15,19H,2-6,9H2,1H3. The maximum Gasteiger partial charge on any atom is 0.126 e. The summed E-state index contributed by atoms with van der Waals surface area (Å²) in [5, 5.41) is 9.97. The molecule has 3 heteroatoms. The van der Waals surface area contributed by atoms with Crippen LogP contribution < -0.4 is 0 Å². The van der Waals surface area contributed by atoms with E-state index in [9.17, 15) is 9.50 Å². The molecule has 0 spiro atoms. The van der Waals surface area contributed by atoms with Gasteiger partial charge in [0.15, 0.2) is 0 Å². The zero-order valence-electron chi connectivity index (χ0n) is 11.5. The average Bonchev–Trinajstić information content (AvgIpc) is 2.86. The van der Waals surface area contributed by atoms with E-state index >= 15 is 0 Å². The highest BCUT2D eigenvalue weighted by molar-refractivity contribution is 5.35. The molecule has 104 valence electrons. The summed E-state index contributed by atoms with van der Waals surface area (Å²) in [5.41, 5.74) is 0.856. The van der Waals surface area contributed by atoms with E-state index in [4.69, 9.17) is 0 Å². The Bertz CT molecular complexity index is 462. The molecule has 3 rings (SSSR count). The van der Waals surface area contributed by atoms with Gasteiger partial charge in [0.05, 0.1) is 0 Å². The lowest BCUT2D eigenvalue weighted by Crippen LogP contribution is -2.43. The third kappa shape index (κ3) is 2.36. The number of likely N-dealkylation sites (tertiary alicyclic amines) is 1. The Kier molecular flexibility index (Phi) is 3.48. The van der Waals surface area contributed by atoms with Gasteiger partial charge in [-0.25, -0.2) is 4.39 Å². The Hall–Kier alpha value is -1.09. The summed E-state index contributed by atoms with van der Waals surface area (Å²) in [5.74, 6) is 0.553. The van der Waals surface area contributed by atoms with Crippen LogP contribution >= 0.6 is 0 Å². The number of benzene rings is 1. The van der Waals surface area contributed by atoms with E-state index < -0.39 is 0 Å². The molecular formula is C16H22FNO. The minimum atomic E-state index is -0.370. The highest BCUT2D eigenvalue weighted by Crippen LogP contribution is 2.41. The highest BCUT2D eigenvalue weighted by atomic mass is 19.1. The fourth-order valence-electron chi connectivity index (χ4n) is 4.02. The number of aromatic hydroxyl groups is 1. The molecule has 0 aromatic heterocycles. The minimum absolute atomic E-state index is 0.0904. The summed E-state index contributed by atoms with van der Waals surface area (Å²) in [6.45, 7) is 3.23. The molecule has 1 saturated heterocycles. The molecule has 1 aromatic rings. The number of phenols is 1. The summed E-state index contributed by atoms with van der Waals surface area (Å²) >= 11 is 0. The second-order valence-corrected chi connectivity index (χ2v) is 6.02. The Labute approximate surface area is 114 Å². The number of hydrogen-bond donors (Lipinski definition) is 1. The lowest BCUT2D eigenvalue weighted by Gasteiger charge is -2.41. The summed E-state index contributed by atoms with van der Waals surface area (Å²) in [6, 6.07) is 5.23. The van der Waals surface area contributed by atoms with E-state index in [0.29, 0.717) is 6.04 Å². The van der Waals surface area contributed by atoms with Gasteiger partial charge in [0, 0.05) is 23.7 Å². The molecule has 2 fully saturated rings. The smallest absolute Gasteiger partial charge is 0.126 e. The molecular weight excluding hydrogens is 241 g/mol. The molecule has 1 aliphatic carbocycles. The first-order valence-corrected chi connectivity index (χ1v) is 7.41. The summed E-state index contributed by atoms with van der Waals surface area (Å²) < 4.78 is 13.1. The normalized spacial score (nSPS) is 29.2. The monoisotopic (exact) mass is 263 g/mol. The first-order valence-electron chi connectivity index (χ1n) is 7.41. The quantitative estimate of drug-likeness (QED) is 0.876. The molecule has 1 heterocycles. The second-order valence-electron chi connectivity index (χ2n) is 6.02. The van der Waals surface area contributed by atoms with Crippen molar-refractivity contribution in [2.24, 2.45) is 5.92 Å². The summed E-state index contributed by atoms with van der Waals surface area (Å²) in [6.07, 6.45) is 6.55. The second kappa shape index (κ2) is 5.12. The van der Waals surface area contributed by atoms with Crippen LogP contribution in [0.15, 0.2) is 18.2 Å². The van der Waals surface area contributed by atoms with Crippen LogP contribution in [-0.4, -0.2) is 22.6 Å². The molecule has 3 atom stereocenters. The number of piperidine rings is 1. The van der Waals surface area contributed by atoms with E-state index in [1.54, 1.807) is 6.07 Å². The van der Waals surface area contributed by atoms with Crippen molar-refractivity contribution in [2.45, 2.75) is 51.1 Å². The van der Waals surface area contributed by atoms with Gasteiger partial charge in [0.2, 0.25) is 0 Å². The van der Waals surface area contributed by atoms with Crippen molar-refractivity contribution in [1.82, 2.24) is 4.90 Å². The van der Waals surface area contributed by atoms with Gasteiger partial charge in [-0.2, -0.15) is 0 Å². The fourth-order valence-corrected chi connectivity index (χ4v) is 4.02. The van der Waals surface area contributed by atoms with Crippen molar-refractivity contribution in [3.63, 3.8) is 0 Å². The number of nitrogens with zero attached hydrogens (tertiary/aromatic N) is 1. The topological polar surface area (TPSA) is 23.5 Å². The van der Waals surface area contributed by atoms with Gasteiger partial charge in [-0.15, -0.1) is 0 Å².